The van der Waals surface area contributed by atoms with E-state index in [0.717, 1.165) is 87.5 Å². The monoisotopic (exact) mass is 639 g/mol. The Morgan fingerprint density at radius 2 is 0.900 bits per heavy atom. The zero-order valence-corrected chi connectivity index (χ0v) is 26.6. The Labute approximate surface area is 285 Å². The molecule has 11 aromatic rings. The number of nitrogens with zero attached hydrogens (tertiary/aromatic N) is 3. The van der Waals surface area contributed by atoms with E-state index in [2.05, 4.69) is 109 Å². The predicted octanol–water partition coefficient (Wildman–Crippen LogP) is 12.1. The van der Waals surface area contributed by atoms with Gasteiger partial charge in [-0.3, -0.25) is 0 Å². The summed E-state index contributed by atoms with van der Waals surface area (Å²) in [5.41, 5.74) is 6.15. The molecule has 0 fully saturated rings. The number of fused-ring (bicyclic) bond motifs is 11. The lowest BCUT2D eigenvalue weighted by atomic mass is 9.96. The van der Waals surface area contributed by atoms with Crippen LogP contribution in [0.4, 0.5) is 0 Å². The van der Waals surface area contributed by atoms with E-state index in [9.17, 15) is 0 Å². The second-order valence-electron chi connectivity index (χ2n) is 12.7. The maximum atomic E-state index is 6.28. The molecule has 11 rings (SSSR count). The van der Waals surface area contributed by atoms with Crippen LogP contribution in [0.15, 0.2) is 160 Å². The quantitative estimate of drug-likeness (QED) is 0.180. The first-order valence-corrected chi connectivity index (χ1v) is 16.7. The van der Waals surface area contributed by atoms with E-state index in [0.29, 0.717) is 17.5 Å². The first-order chi connectivity index (χ1) is 24.8. The molecule has 0 aliphatic heterocycles. The average Bonchev–Trinajstić information content (AvgIpc) is 3.76. The number of benzene rings is 8. The molecule has 50 heavy (non-hydrogen) atoms. The Kier molecular flexibility index (Phi) is 5.60. The van der Waals surface area contributed by atoms with Gasteiger partial charge in [-0.05, 0) is 68.7 Å². The first-order valence-electron chi connectivity index (χ1n) is 16.7. The first kappa shape index (κ1) is 27.1. The summed E-state index contributed by atoms with van der Waals surface area (Å²) in [6, 6.07) is 52.2. The fourth-order valence-corrected chi connectivity index (χ4v) is 7.64. The van der Waals surface area contributed by atoms with Gasteiger partial charge in [0.2, 0.25) is 0 Å². The van der Waals surface area contributed by atoms with E-state index in [1.54, 1.807) is 0 Å². The minimum absolute atomic E-state index is 0.593. The fraction of sp³-hybridized carbons (Fsp3) is 0. The summed E-state index contributed by atoms with van der Waals surface area (Å²) >= 11 is 0. The SMILES string of the molecule is c1ccc2c(c1)cc(-c1nc(-c3ccc4c(ccc5oc6ccccc6c54)c3)nc(-c3cccc4oc5ccccc5c34)n1)c1ccccc12. The van der Waals surface area contributed by atoms with Gasteiger partial charge in [-0.15, -0.1) is 0 Å². The topological polar surface area (TPSA) is 65.0 Å². The molecule has 0 saturated heterocycles. The summed E-state index contributed by atoms with van der Waals surface area (Å²) in [5, 5.41) is 11.0. The molecule has 0 amide bonds. The zero-order valence-electron chi connectivity index (χ0n) is 26.6. The van der Waals surface area contributed by atoms with Gasteiger partial charge in [0.15, 0.2) is 17.5 Å². The van der Waals surface area contributed by atoms with Crippen LogP contribution in [-0.4, -0.2) is 15.0 Å². The normalized spacial score (nSPS) is 12.0. The Hall–Kier alpha value is -6.85. The van der Waals surface area contributed by atoms with Crippen LogP contribution < -0.4 is 0 Å². The highest BCUT2D eigenvalue weighted by Gasteiger charge is 2.20. The summed E-state index contributed by atoms with van der Waals surface area (Å²) in [6.45, 7) is 0. The molecule has 0 bridgehead atoms. The highest BCUT2D eigenvalue weighted by Crippen LogP contribution is 2.40. The van der Waals surface area contributed by atoms with Gasteiger partial charge < -0.3 is 8.83 Å². The van der Waals surface area contributed by atoms with Gasteiger partial charge in [-0.1, -0.05) is 115 Å². The molecule has 3 aromatic heterocycles. The van der Waals surface area contributed by atoms with Crippen molar-refractivity contribution in [1.29, 1.82) is 0 Å². The van der Waals surface area contributed by atoms with Gasteiger partial charge in [0.1, 0.15) is 22.3 Å². The van der Waals surface area contributed by atoms with Crippen molar-refractivity contribution in [2.45, 2.75) is 0 Å². The summed E-state index contributed by atoms with van der Waals surface area (Å²) in [5.74, 6) is 1.81. The molecule has 0 atom stereocenters. The number of para-hydroxylation sites is 2. The summed E-state index contributed by atoms with van der Waals surface area (Å²) < 4.78 is 12.5. The summed E-state index contributed by atoms with van der Waals surface area (Å²) in [4.78, 5) is 15.7. The molecule has 0 saturated carbocycles. The van der Waals surface area contributed by atoms with Crippen molar-refractivity contribution in [2.24, 2.45) is 0 Å². The smallest absolute Gasteiger partial charge is 0.164 e. The van der Waals surface area contributed by atoms with Crippen LogP contribution in [-0.2, 0) is 0 Å². The van der Waals surface area contributed by atoms with Crippen molar-refractivity contribution in [1.82, 2.24) is 15.0 Å². The molecule has 3 heterocycles. The van der Waals surface area contributed by atoms with E-state index >= 15 is 0 Å². The predicted molar refractivity (Wildman–Crippen MR) is 203 cm³/mol. The van der Waals surface area contributed by atoms with Gasteiger partial charge in [-0.2, -0.15) is 0 Å². The van der Waals surface area contributed by atoms with Gasteiger partial charge in [0.25, 0.3) is 0 Å². The second-order valence-corrected chi connectivity index (χ2v) is 12.7. The zero-order chi connectivity index (χ0) is 32.8. The highest BCUT2D eigenvalue weighted by atomic mass is 16.3. The van der Waals surface area contributed by atoms with Crippen molar-refractivity contribution >= 4 is 76.2 Å². The average molecular weight is 640 g/mol. The molecule has 5 nitrogen and oxygen atoms in total. The fourth-order valence-electron chi connectivity index (χ4n) is 7.64. The lowest BCUT2D eigenvalue weighted by molar-refractivity contribution is 0.668. The lowest BCUT2D eigenvalue weighted by Gasteiger charge is -2.13. The Balaban J connectivity index is 1.20. The molecule has 232 valence electrons. The van der Waals surface area contributed by atoms with E-state index in [1.807, 2.05) is 42.5 Å². The highest BCUT2D eigenvalue weighted by molar-refractivity contribution is 6.19. The standard InChI is InChI=1S/C45H25N3O2/c1-2-11-29-26(10-1)25-36(32-13-4-3-12-31(29)32)45-47-43(46-44(48-45)35-16-9-19-39-42(35)34-15-6-8-18-38(34)49-39)28-20-22-30-27(24-28)21-23-40-41(30)33-14-5-7-17-37(33)50-40/h1-25H. The lowest BCUT2D eigenvalue weighted by Crippen LogP contribution is -2.01. The van der Waals surface area contributed by atoms with Crippen LogP contribution in [0.2, 0.25) is 0 Å². The van der Waals surface area contributed by atoms with Crippen molar-refractivity contribution in [3.63, 3.8) is 0 Å². The number of furan rings is 2. The van der Waals surface area contributed by atoms with Gasteiger partial charge >= 0.3 is 0 Å². The maximum Gasteiger partial charge on any atom is 0.164 e. The number of rotatable bonds is 3. The van der Waals surface area contributed by atoms with Crippen molar-refractivity contribution in [3.8, 4) is 34.2 Å². The van der Waals surface area contributed by atoms with Crippen LogP contribution in [0.5, 0.6) is 0 Å². The van der Waals surface area contributed by atoms with E-state index in [4.69, 9.17) is 23.8 Å². The molecule has 0 aliphatic carbocycles. The molecule has 0 radical (unpaired) electrons. The van der Waals surface area contributed by atoms with E-state index in [-0.39, 0.29) is 0 Å². The third-order valence-corrected chi connectivity index (χ3v) is 9.90. The largest absolute Gasteiger partial charge is 0.456 e. The number of hydrogen-bond acceptors (Lipinski definition) is 5. The minimum Gasteiger partial charge on any atom is -0.456 e. The van der Waals surface area contributed by atoms with Crippen LogP contribution in [0.25, 0.3) is 110 Å². The number of aromatic nitrogens is 3. The van der Waals surface area contributed by atoms with Crippen molar-refractivity contribution in [2.75, 3.05) is 0 Å². The van der Waals surface area contributed by atoms with E-state index in [1.165, 1.54) is 5.39 Å². The number of hydrogen-bond donors (Lipinski definition) is 0. The third kappa shape index (κ3) is 3.98. The molecule has 8 aromatic carbocycles. The van der Waals surface area contributed by atoms with Gasteiger partial charge in [-0.25, -0.2) is 15.0 Å². The maximum absolute atomic E-state index is 6.28. The van der Waals surface area contributed by atoms with Crippen LogP contribution in [0.1, 0.15) is 0 Å². The van der Waals surface area contributed by atoms with Crippen molar-refractivity contribution in [3.05, 3.63) is 152 Å². The minimum atomic E-state index is 0.593. The van der Waals surface area contributed by atoms with Crippen LogP contribution >= 0.6 is 0 Å². The molecule has 0 spiro atoms. The molecule has 0 aliphatic rings. The Morgan fingerprint density at radius 1 is 0.320 bits per heavy atom. The molecule has 0 unspecified atom stereocenters. The Morgan fingerprint density at radius 3 is 1.70 bits per heavy atom. The van der Waals surface area contributed by atoms with Crippen molar-refractivity contribution < 1.29 is 8.83 Å². The molecule has 5 heteroatoms. The second kappa shape index (κ2) is 10.3. The van der Waals surface area contributed by atoms with Gasteiger partial charge in [0, 0.05) is 38.2 Å². The van der Waals surface area contributed by atoms with Crippen LogP contribution in [0, 0.1) is 0 Å². The summed E-state index contributed by atoms with van der Waals surface area (Å²) in [7, 11) is 0. The molecule has 0 N–H and O–H groups in total. The third-order valence-electron chi connectivity index (χ3n) is 9.90. The summed E-state index contributed by atoms with van der Waals surface area (Å²) in [6.07, 6.45) is 0. The Bertz CT molecular complexity index is 3170. The molecular weight excluding hydrogens is 615 g/mol. The van der Waals surface area contributed by atoms with E-state index < -0.39 is 0 Å². The van der Waals surface area contributed by atoms with Crippen LogP contribution in [0.3, 0.4) is 0 Å². The molecular formula is C45H25N3O2. The van der Waals surface area contributed by atoms with Gasteiger partial charge in [0.05, 0.1) is 0 Å².